The second kappa shape index (κ2) is 4.92. The van der Waals surface area contributed by atoms with Crippen LogP contribution in [0.3, 0.4) is 0 Å². The molecule has 1 aromatic rings. The standard InChI is InChI=1S/C8H10N2O3S/c1-6(5-11)14-8-7(10(12)13)3-2-4-9-8/h2-4,6,11H,5H2,1H3/t6-/m1/s1. The van der Waals surface area contributed by atoms with E-state index in [-0.39, 0.29) is 17.5 Å². The monoisotopic (exact) mass is 214 g/mol. The van der Waals surface area contributed by atoms with Crippen LogP contribution in [0.5, 0.6) is 0 Å². The lowest BCUT2D eigenvalue weighted by molar-refractivity contribution is -0.388. The predicted octanol–water partition coefficient (Wildman–Crippen LogP) is 1.46. The molecule has 0 aliphatic heterocycles. The van der Waals surface area contributed by atoms with Crippen LogP contribution in [-0.4, -0.2) is 26.9 Å². The lowest BCUT2D eigenvalue weighted by Gasteiger charge is -2.05. The third-order valence-corrected chi connectivity index (χ3v) is 2.61. The number of thioether (sulfide) groups is 1. The molecule has 6 heteroatoms. The van der Waals surface area contributed by atoms with Crippen molar-refractivity contribution < 1.29 is 10.0 Å². The van der Waals surface area contributed by atoms with E-state index in [1.54, 1.807) is 6.92 Å². The fraction of sp³-hybridized carbons (Fsp3) is 0.375. The van der Waals surface area contributed by atoms with E-state index in [2.05, 4.69) is 4.98 Å². The van der Waals surface area contributed by atoms with Gasteiger partial charge in [-0.1, -0.05) is 18.7 Å². The normalized spacial score (nSPS) is 12.4. The number of pyridine rings is 1. The highest BCUT2D eigenvalue weighted by Gasteiger charge is 2.16. The van der Waals surface area contributed by atoms with Gasteiger partial charge in [0.25, 0.3) is 0 Å². The summed E-state index contributed by atoms with van der Waals surface area (Å²) in [5.74, 6) is 0. The van der Waals surface area contributed by atoms with Gasteiger partial charge in [-0.2, -0.15) is 0 Å². The van der Waals surface area contributed by atoms with Crippen molar-refractivity contribution in [1.29, 1.82) is 0 Å². The quantitative estimate of drug-likeness (QED) is 0.466. The summed E-state index contributed by atoms with van der Waals surface area (Å²) in [6.45, 7) is 1.75. The Labute approximate surface area is 85.3 Å². The summed E-state index contributed by atoms with van der Waals surface area (Å²) in [4.78, 5) is 14.0. The number of hydrogen-bond donors (Lipinski definition) is 1. The van der Waals surface area contributed by atoms with Crippen LogP contribution in [0, 0.1) is 10.1 Å². The van der Waals surface area contributed by atoms with Gasteiger partial charge in [0.05, 0.1) is 11.5 Å². The van der Waals surface area contributed by atoms with Gasteiger partial charge in [0, 0.05) is 17.5 Å². The first-order chi connectivity index (χ1) is 6.65. The minimum absolute atomic E-state index is 0.0159. The van der Waals surface area contributed by atoms with Gasteiger partial charge in [0.1, 0.15) is 0 Å². The average molecular weight is 214 g/mol. The second-order valence-electron chi connectivity index (χ2n) is 2.70. The largest absolute Gasteiger partial charge is 0.395 e. The molecule has 14 heavy (non-hydrogen) atoms. The Hall–Kier alpha value is -1.14. The summed E-state index contributed by atoms with van der Waals surface area (Å²) in [6.07, 6.45) is 1.50. The number of rotatable bonds is 4. The second-order valence-corrected chi connectivity index (χ2v) is 4.12. The summed E-state index contributed by atoms with van der Waals surface area (Å²) in [5.41, 5.74) is -0.0159. The zero-order chi connectivity index (χ0) is 10.6. The molecular weight excluding hydrogens is 204 g/mol. The molecule has 0 aliphatic rings. The molecule has 1 rings (SSSR count). The topological polar surface area (TPSA) is 76.3 Å². The minimum Gasteiger partial charge on any atom is -0.395 e. The van der Waals surface area contributed by atoms with E-state index < -0.39 is 4.92 Å². The van der Waals surface area contributed by atoms with Crippen molar-refractivity contribution in [1.82, 2.24) is 4.98 Å². The van der Waals surface area contributed by atoms with Crippen LogP contribution in [0.4, 0.5) is 5.69 Å². The van der Waals surface area contributed by atoms with E-state index in [4.69, 9.17) is 5.11 Å². The van der Waals surface area contributed by atoms with Gasteiger partial charge in [0.15, 0.2) is 5.03 Å². The van der Waals surface area contributed by atoms with Crippen LogP contribution in [-0.2, 0) is 0 Å². The van der Waals surface area contributed by atoms with E-state index in [1.807, 2.05) is 0 Å². The van der Waals surface area contributed by atoms with Crippen molar-refractivity contribution in [2.24, 2.45) is 0 Å². The Balaban J connectivity index is 2.90. The number of nitro groups is 1. The van der Waals surface area contributed by atoms with Crippen LogP contribution in [0.1, 0.15) is 6.92 Å². The van der Waals surface area contributed by atoms with Gasteiger partial charge in [-0.15, -0.1) is 0 Å². The molecule has 0 amide bonds. The molecule has 1 N–H and O–H groups in total. The molecule has 1 atom stereocenters. The van der Waals surface area contributed by atoms with Crippen molar-refractivity contribution in [2.45, 2.75) is 17.2 Å². The maximum Gasteiger partial charge on any atom is 0.301 e. The Morgan fingerprint density at radius 3 is 3.07 bits per heavy atom. The van der Waals surface area contributed by atoms with Gasteiger partial charge >= 0.3 is 5.69 Å². The van der Waals surface area contributed by atoms with Crippen molar-refractivity contribution in [3.05, 3.63) is 28.4 Å². The zero-order valence-corrected chi connectivity index (χ0v) is 8.40. The highest BCUT2D eigenvalue weighted by molar-refractivity contribution is 8.00. The van der Waals surface area contributed by atoms with Gasteiger partial charge in [-0.05, 0) is 6.07 Å². The molecular formula is C8H10N2O3S. The van der Waals surface area contributed by atoms with E-state index in [0.717, 1.165) is 0 Å². The molecule has 76 valence electrons. The number of aromatic nitrogens is 1. The van der Waals surface area contributed by atoms with Crippen LogP contribution in [0.2, 0.25) is 0 Å². The van der Waals surface area contributed by atoms with Crippen LogP contribution in [0.25, 0.3) is 0 Å². The van der Waals surface area contributed by atoms with Crippen LogP contribution >= 0.6 is 11.8 Å². The fourth-order valence-electron chi connectivity index (χ4n) is 0.840. The first kappa shape index (κ1) is 10.9. The van der Waals surface area contributed by atoms with Crippen LogP contribution in [0.15, 0.2) is 23.4 Å². The summed E-state index contributed by atoms with van der Waals surface area (Å²) < 4.78 is 0. The Kier molecular flexibility index (Phi) is 3.84. The zero-order valence-electron chi connectivity index (χ0n) is 7.58. The third-order valence-electron chi connectivity index (χ3n) is 1.52. The number of aliphatic hydroxyl groups is 1. The average Bonchev–Trinajstić information content (AvgIpc) is 2.18. The molecule has 0 aliphatic carbocycles. The van der Waals surface area contributed by atoms with Gasteiger partial charge < -0.3 is 5.11 Å². The first-order valence-corrected chi connectivity index (χ1v) is 4.90. The lowest BCUT2D eigenvalue weighted by atomic mass is 10.4. The molecule has 0 spiro atoms. The number of nitrogens with zero attached hydrogens (tertiary/aromatic N) is 2. The van der Waals surface area contributed by atoms with Gasteiger partial charge in [-0.3, -0.25) is 10.1 Å². The van der Waals surface area contributed by atoms with Crippen molar-refractivity contribution in [3.8, 4) is 0 Å². The SMILES string of the molecule is C[C@H](CO)Sc1ncccc1[N+](=O)[O-]. The molecule has 0 bridgehead atoms. The molecule has 0 unspecified atom stereocenters. The van der Waals surface area contributed by atoms with Crippen molar-refractivity contribution in [2.75, 3.05) is 6.61 Å². The summed E-state index contributed by atoms with van der Waals surface area (Å²) in [5, 5.41) is 19.6. The predicted molar refractivity (Wildman–Crippen MR) is 53.3 cm³/mol. The maximum atomic E-state index is 10.6. The Morgan fingerprint density at radius 1 is 1.79 bits per heavy atom. The van der Waals surface area contributed by atoms with E-state index in [0.29, 0.717) is 5.03 Å². The maximum absolute atomic E-state index is 10.6. The third kappa shape index (κ3) is 2.68. The van der Waals surface area contributed by atoms with Gasteiger partial charge in [-0.25, -0.2) is 4.98 Å². The molecule has 0 saturated heterocycles. The van der Waals surface area contributed by atoms with E-state index in [1.165, 1.54) is 30.1 Å². The van der Waals surface area contributed by atoms with Crippen molar-refractivity contribution in [3.63, 3.8) is 0 Å². The highest BCUT2D eigenvalue weighted by Crippen LogP contribution is 2.29. The fourth-order valence-corrected chi connectivity index (χ4v) is 1.68. The molecule has 5 nitrogen and oxygen atoms in total. The molecule has 0 radical (unpaired) electrons. The summed E-state index contributed by atoms with van der Waals surface area (Å²) in [6, 6.07) is 2.92. The molecule has 0 fully saturated rings. The minimum atomic E-state index is -0.473. The first-order valence-electron chi connectivity index (χ1n) is 4.02. The Morgan fingerprint density at radius 2 is 2.50 bits per heavy atom. The van der Waals surface area contributed by atoms with Crippen molar-refractivity contribution >= 4 is 17.4 Å². The summed E-state index contributed by atoms with van der Waals surface area (Å²) >= 11 is 1.20. The van der Waals surface area contributed by atoms with E-state index in [9.17, 15) is 10.1 Å². The number of hydrogen-bond acceptors (Lipinski definition) is 5. The van der Waals surface area contributed by atoms with Gasteiger partial charge in [0.2, 0.25) is 0 Å². The molecule has 0 aromatic carbocycles. The van der Waals surface area contributed by atoms with E-state index >= 15 is 0 Å². The smallest absolute Gasteiger partial charge is 0.301 e. The lowest BCUT2D eigenvalue weighted by Crippen LogP contribution is -2.03. The molecule has 0 saturated carbocycles. The van der Waals surface area contributed by atoms with Crippen LogP contribution < -0.4 is 0 Å². The molecule has 1 aromatic heterocycles. The summed E-state index contributed by atoms with van der Waals surface area (Å²) in [7, 11) is 0. The highest BCUT2D eigenvalue weighted by atomic mass is 32.2. The Bertz CT molecular complexity index is 332. The molecule has 1 heterocycles. The number of aliphatic hydroxyl groups excluding tert-OH is 1.